The van der Waals surface area contributed by atoms with E-state index in [4.69, 9.17) is 5.26 Å². The summed E-state index contributed by atoms with van der Waals surface area (Å²) in [5, 5.41) is 12.4. The molecule has 0 aliphatic rings. The van der Waals surface area contributed by atoms with Gasteiger partial charge in [0.1, 0.15) is 0 Å². The molecule has 0 atom stereocenters. The molecule has 0 fully saturated rings. The highest BCUT2D eigenvalue weighted by molar-refractivity contribution is 7.99. The molecule has 0 aliphatic heterocycles. The number of imidazole rings is 1. The largest absolute Gasteiger partial charge is 0.325 e. The van der Waals surface area contributed by atoms with Gasteiger partial charge in [-0.05, 0) is 30.3 Å². The standard InChI is InChI=1S/C18H15N5OS/c19-11-14-4-3-6-15(10-14)22-17(24)13-25-18-21-8-9-23(18)12-16-5-1-2-7-20-16/h1-10H,12-13H2,(H,22,24). The van der Waals surface area contributed by atoms with Crippen LogP contribution < -0.4 is 5.32 Å². The van der Waals surface area contributed by atoms with E-state index in [0.717, 1.165) is 10.9 Å². The molecule has 0 saturated heterocycles. The Labute approximate surface area is 149 Å². The van der Waals surface area contributed by atoms with Gasteiger partial charge < -0.3 is 9.88 Å². The second-order valence-corrected chi connectivity index (χ2v) is 6.13. The summed E-state index contributed by atoms with van der Waals surface area (Å²) in [4.78, 5) is 20.7. The van der Waals surface area contributed by atoms with Crippen molar-refractivity contribution in [1.29, 1.82) is 5.26 Å². The van der Waals surface area contributed by atoms with Crippen LogP contribution >= 0.6 is 11.8 Å². The Balaban J connectivity index is 1.58. The van der Waals surface area contributed by atoms with Crippen LogP contribution in [0.1, 0.15) is 11.3 Å². The van der Waals surface area contributed by atoms with Gasteiger partial charge in [-0.25, -0.2) is 4.98 Å². The summed E-state index contributed by atoms with van der Waals surface area (Å²) in [5.41, 5.74) is 2.05. The van der Waals surface area contributed by atoms with E-state index >= 15 is 0 Å². The third-order valence-electron chi connectivity index (χ3n) is 3.34. The van der Waals surface area contributed by atoms with E-state index in [2.05, 4.69) is 15.3 Å². The lowest BCUT2D eigenvalue weighted by Crippen LogP contribution is -2.14. The van der Waals surface area contributed by atoms with E-state index in [1.165, 1.54) is 11.8 Å². The molecule has 124 valence electrons. The number of benzene rings is 1. The number of nitriles is 1. The highest BCUT2D eigenvalue weighted by atomic mass is 32.2. The van der Waals surface area contributed by atoms with Crippen molar-refractivity contribution in [3.8, 4) is 6.07 Å². The van der Waals surface area contributed by atoms with Gasteiger partial charge in [0.15, 0.2) is 5.16 Å². The summed E-state index contributed by atoms with van der Waals surface area (Å²) in [6, 6.07) is 14.6. The number of thioether (sulfide) groups is 1. The maximum Gasteiger partial charge on any atom is 0.234 e. The first-order valence-corrected chi connectivity index (χ1v) is 8.57. The van der Waals surface area contributed by atoms with Crippen LogP contribution in [0, 0.1) is 11.3 Å². The molecular formula is C18H15N5OS. The molecule has 0 radical (unpaired) electrons. The van der Waals surface area contributed by atoms with Crippen molar-refractivity contribution in [2.75, 3.05) is 11.1 Å². The SMILES string of the molecule is N#Cc1cccc(NC(=O)CSc2nccn2Cc2ccccn2)c1. The average Bonchev–Trinajstić information content (AvgIpc) is 3.08. The topological polar surface area (TPSA) is 83.6 Å². The summed E-state index contributed by atoms with van der Waals surface area (Å²) in [7, 11) is 0. The zero-order valence-corrected chi connectivity index (χ0v) is 14.1. The molecule has 0 saturated carbocycles. The summed E-state index contributed by atoms with van der Waals surface area (Å²) in [5.74, 6) is 0.0863. The molecule has 2 heterocycles. The first-order valence-electron chi connectivity index (χ1n) is 7.58. The van der Waals surface area contributed by atoms with Gasteiger partial charge in [0.2, 0.25) is 5.91 Å². The lowest BCUT2D eigenvalue weighted by Gasteiger charge is -2.08. The predicted octanol–water partition coefficient (Wildman–Crippen LogP) is 2.93. The number of hydrogen-bond donors (Lipinski definition) is 1. The fourth-order valence-electron chi connectivity index (χ4n) is 2.22. The molecule has 2 aromatic heterocycles. The quantitative estimate of drug-likeness (QED) is 0.692. The highest BCUT2D eigenvalue weighted by Crippen LogP contribution is 2.18. The fraction of sp³-hybridized carbons (Fsp3) is 0.111. The van der Waals surface area contributed by atoms with E-state index in [9.17, 15) is 4.79 Å². The lowest BCUT2D eigenvalue weighted by molar-refractivity contribution is -0.113. The normalized spacial score (nSPS) is 10.2. The Bertz CT molecular complexity index is 901. The van der Waals surface area contributed by atoms with Gasteiger partial charge in [-0.1, -0.05) is 23.9 Å². The van der Waals surface area contributed by atoms with Crippen molar-refractivity contribution < 1.29 is 4.79 Å². The van der Waals surface area contributed by atoms with Crippen LogP contribution in [0.3, 0.4) is 0 Å². The third-order valence-corrected chi connectivity index (χ3v) is 4.35. The molecular weight excluding hydrogens is 334 g/mol. The maximum absolute atomic E-state index is 12.1. The van der Waals surface area contributed by atoms with Crippen molar-refractivity contribution in [2.24, 2.45) is 0 Å². The van der Waals surface area contributed by atoms with Crippen molar-refractivity contribution in [2.45, 2.75) is 11.7 Å². The van der Waals surface area contributed by atoms with E-state index in [1.54, 1.807) is 36.7 Å². The second-order valence-electron chi connectivity index (χ2n) is 5.19. The molecule has 0 bridgehead atoms. The minimum atomic E-state index is -0.146. The number of amides is 1. The van der Waals surface area contributed by atoms with Crippen molar-refractivity contribution >= 4 is 23.4 Å². The molecule has 0 unspecified atom stereocenters. The van der Waals surface area contributed by atoms with Gasteiger partial charge in [0.25, 0.3) is 0 Å². The van der Waals surface area contributed by atoms with Crippen LogP contribution in [0.25, 0.3) is 0 Å². The van der Waals surface area contributed by atoms with Crippen LogP contribution in [0.15, 0.2) is 66.2 Å². The summed E-state index contributed by atoms with van der Waals surface area (Å²) < 4.78 is 1.95. The van der Waals surface area contributed by atoms with E-state index in [0.29, 0.717) is 17.8 Å². The van der Waals surface area contributed by atoms with Crippen LogP contribution in [-0.2, 0) is 11.3 Å². The van der Waals surface area contributed by atoms with Crippen molar-refractivity contribution in [1.82, 2.24) is 14.5 Å². The number of nitrogens with one attached hydrogen (secondary N) is 1. The molecule has 1 aromatic carbocycles. The molecule has 0 aliphatic carbocycles. The molecule has 25 heavy (non-hydrogen) atoms. The summed E-state index contributed by atoms with van der Waals surface area (Å²) in [6.45, 7) is 0.606. The van der Waals surface area contributed by atoms with Gasteiger partial charge in [-0.2, -0.15) is 5.26 Å². The van der Waals surface area contributed by atoms with Gasteiger partial charge in [-0.3, -0.25) is 9.78 Å². The number of nitrogens with zero attached hydrogens (tertiary/aromatic N) is 4. The number of hydrogen-bond acceptors (Lipinski definition) is 5. The number of rotatable bonds is 6. The van der Waals surface area contributed by atoms with Crippen LogP contribution in [0.2, 0.25) is 0 Å². The molecule has 1 amide bonds. The molecule has 6 nitrogen and oxygen atoms in total. The van der Waals surface area contributed by atoms with Crippen LogP contribution in [-0.4, -0.2) is 26.2 Å². The first kappa shape index (κ1) is 16.7. The Morgan fingerprint density at radius 3 is 2.92 bits per heavy atom. The number of carbonyl (C=O) groups is 1. The molecule has 0 spiro atoms. The van der Waals surface area contributed by atoms with Gasteiger partial charge in [0, 0.05) is 24.3 Å². The van der Waals surface area contributed by atoms with Gasteiger partial charge >= 0.3 is 0 Å². The van der Waals surface area contributed by atoms with Gasteiger partial charge in [0.05, 0.1) is 29.6 Å². The summed E-state index contributed by atoms with van der Waals surface area (Å²) >= 11 is 1.36. The predicted molar refractivity (Wildman–Crippen MR) is 96.1 cm³/mol. The number of pyridine rings is 1. The number of aromatic nitrogens is 3. The highest BCUT2D eigenvalue weighted by Gasteiger charge is 2.09. The molecule has 7 heteroatoms. The Kier molecular flexibility index (Phi) is 5.44. The smallest absolute Gasteiger partial charge is 0.234 e. The third kappa shape index (κ3) is 4.68. The summed E-state index contributed by atoms with van der Waals surface area (Å²) in [6.07, 6.45) is 5.33. The fourth-order valence-corrected chi connectivity index (χ4v) is 2.97. The molecule has 3 aromatic rings. The number of carbonyl (C=O) groups excluding carboxylic acids is 1. The molecule has 3 rings (SSSR count). The molecule has 1 N–H and O–H groups in total. The minimum Gasteiger partial charge on any atom is -0.325 e. The van der Waals surface area contributed by atoms with Crippen molar-refractivity contribution in [3.63, 3.8) is 0 Å². The number of anilines is 1. The van der Waals surface area contributed by atoms with Crippen LogP contribution in [0.5, 0.6) is 0 Å². The Hall–Kier alpha value is -3.11. The van der Waals surface area contributed by atoms with Crippen LogP contribution in [0.4, 0.5) is 5.69 Å². The van der Waals surface area contributed by atoms with E-state index in [1.807, 2.05) is 35.0 Å². The monoisotopic (exact) mass is 349 g/mol. The van der Waals surface area contributed by atoms with E-state index in [-0.39, 0.29) is 11.7 Å². The zero-order chi connectivity index (χ0) is 17.5. The Morgan fingerprint density at radius 1 is 1.20 bits per heavy atom. The Morgan fingerprint density at radius 2 is 2.12 bits per heavy atom. The van der Waals surface area contributed by atoms with Crippen molar-refractivity contribution in [3.05, 3.63) is 72.3 Å². The first-order chi connectivity index (χ1) is 12.2. The lowest BCUT2D eigenvalue weighted by atomic mass is 10.2. The van der Waals surface area contributed by atoms with Gasteiger partial charge in [-0.15, -0.1) is 0 Å². The van der Waals surface area contributed by atoms with E-state index < -0.39 is 0 Å². The second kappa shape index (κ2) is 8.13. The average molecular weight is 349 g/mol. The zero-order valence-electron chi connectivity index (χ0n) is 13.3. The maximum atomic E-state index is 12.1. The minimum absolute atomic E-state index is 0.146.